The number of aromatic nitrogens is 3. The highest BCUT2D eigenvalue weighted by atomic mass is 32.2. The molecule has 2 amide bonds. The number of carbonyl (C=O) groups excluding carboxylic acids is 2. The van der Waals surface area contributed by atoms with Crippen LogP contribution in [0.3, 0.4) is 0 Å². The van der Waals surface area contributed by atoms with Gasteiger partial charge >= 0.3 is 0 Å². The van der Waals surface area contributed by atoms with Crippen LogP contribution in [0.2, 0.25) is 0 Å². The van der Waals surface area contributed by atoms with Gasteiger partial charge in [0.05, 0.1) is 11.1 Å². The molecule has 3 aromatic rings. The van der Waals surface area contributed by atoms with Crippen molar-refractivity contribution in [3.05, 3.63) is 44.8 Å². The first-order valence-electron chi connectivity index (χ1n) is 9.05. The number of carbonyl (C=O) groups is 2. The lowest BCUT2D eigenvalue weighted by atomic mass is 9.89. The van der Waals surface area contributed by atoms with E-state index in [9.17, 15) is 14.4 Å². The number of fused-ring (bicyclic) bond motifs is 3. The molecule has 9 heteroatoms. The van der Waals surface area contributed by atoms with Gasteiger partial charge in [-0.25, -0.2) is 4.98 Å². The molecule has 1 unspecified atom stereocenters. The molecule has 0 aliphatic heterocycles. The number of imide groups is 1. The summed E-state index contributed by atoms with van der Waals surface area (Å²) in [7, 11) is 1.74. The van der Waals surface area contributed by atoms with Crippen LogP contribution < -0.4 is 10.9 Å². The van der Waals surface area contributed by atoms with E-state index < -0.39 is 11.8 Å². The molecule has 7 nitrogen and oxygen atoms in total. The number of H-pyrrole nitrogens is 1. The quantitative estimate of drug-likeness (QED) is 0.503. The van der Waals surface area contributed by atoms with E-state index in [0.717, 1.165) is 41.4 Å². The Balaban J connectivity index is 1.46. The first kappa shape index (κ1) is 18.9. The van der Waals surface area contributed by atoms with Crippen LogP contribution in [0.15, 0.2) is 28.3 Å². The van der Waals surface area contributed by atoms with Crippen LogP contribution in [-0.4, -0.2) is 32.1 Å². The van der Waals surface area contributed by atoms with Gasteiger partial charge in [0.15, 0.2) is 5.16 Å². The van der Waals surface area contributed by atoms with Gasteiger partial charge in [-0.1, -0.05) is 18.7 Å². The molecule has 146 valence electrons. The largest absolute Gasteiger partial charge is 0.347 e. The van der Waals surface area contributed by atoms with Crippen molar-refractivity contribution in [3.8, 4) is 0 Å². The summed E-state index contributed by atoms with van der Waals surface area (Å²) in [6.45, 7) is 2.22. The molecule has 0 saturated heterocycles. The minimum absolute atomic E-state index is 0.00721. The van der Waals surface area contributed by atoms with Crippen molar-refractivity contribution in [1.29, 1.82) is 0 Å². The minimum Gasteiger partial charge on any atom is -0.347 e. The van der Waals surface area contributed by atoms with E-state index in [1.54, 1.807) is 41.3 Å². The zero-order valence-corrected chi connectivity index (χ0v) is 17.2. The second-order valence-corrected chi connectivity index (χ2v) is 9.12. The van der Waals surface area contributed by atoms with Crippen molar-refractivity contribution in [3.63, 3.8) is 0 Å². The van der Waals surface area contributed by atoms with Crippen LogP contribution in [-0.2, 0) is 24.7 Å². The maximum absolute atomic E-state index is 12.6. The van der Waals surface area contributed by atoms with Gasteiger partial charge in [-0.15, -0.1) is 11.3 Å². The number of aromatic amines is 1. The molecular formula is C19H20N4O3S2. The number of thiophene rings is 1. The molecule has 3 heterocycles. The Kier molecular flexibility index (Phi) is 5.11. The molecule has 28 heavy (non-hydrogen) atoms. The van der Waals surface area contributed by atoms with Crippen LogP contribution in [0, 0.1) is 5.92 Å². The predicted molar refractivity (Wildman–Crippen MR) is 110 cm³/mol. The van der Waals surface area contributed by atoms with Gasteiger partial charge in [-0.05, 0) is 42.9 Å². The van der Waals surface area contributed by atoms with Gasteiger partial charge in [0, 0.05) is 18.1 Å². The van der Waals surface area contributed by atoms with E-state index in [2.05, 4.69) is 22.2 Å². The Morgan fingerprint density at radius 2 is 2.29 bits per heavy atom. The molecule has 1 aliphatic rings. The highest BCUT2D eigenvalue weighted by Gasteiger charge is 2.23. The summed E-state index contributed by atoms with van der Waals surface area (Å²) in [4.78, 5) is 46.0. The number of amides is 2. The van der Waals surface area contributed by atoms with E-state index in [4.69, 9.17) is 0 Å². The molecule has 0 bridgehead atoms. The smallest absolute Gasteiger partial charge is 0.274 e. The number of hydrogen-bond acceptors (Lipinski definition) is 6. The van der Waals surface area contributed by atoms with Gasteiger partial charge in [-0.3, -0.25) is 19.7 Å². The number of hydrogen-bond donors (Lipinski definition) is 2. The van der Waals surface area contributed by atoms with E-state index in [1.807, 2.05) is 0 Å². The van der Waals surface area contributed by atoms with Crippen molar-refractivity contribution in [2.75, 3.05) is 5.75 Å². The number of nitrogens with one attached hydrogen (secondary N) is 2. The number of aryl methyl sites for hydroxylation is 2. The maximum atomic E-state index is 12.6. The van der Waals surface area contributed by atoms with Crippen molar-refractivity contribution in [2.24, 2.45) is 13.0 Å². The zero-order valence-electron chi connectivity index (χ0n) is 15.6. The SMILES string of the molecule is CC1CCc2c(sc3nc(SCC(=O)NC(=O)c4cccn4C)[nH]c(=O)c23)C1. The lowest BCUT2D eigenvalue weighted by molar-refractivity contribution is -0.117. The Morgan fingerprint density at radius 1 is 1.46 bits per heavy atom. The van der Waals surface area contributed by atoms with Crippen molar-refractivity contribution in [2.45, 2.75) is 31.3 Å². The number of nitrogens with zero attached hydrogens (tertiary/aromatic N) is 2. The third kappa shape index (κ3) is 3.64. The summed E-state index contributed by atoms with van der Waals surface area (Å²) >= 11 is 2.69. The maximum Gasteiger partial charge on any atom is 0.274 e. The van der Waals surface area contributed by atoms with E-state index in [1.165, 1.54) is 4.88 Å². The molecular weight excluding hydrogens is 396 g/mol. The fraction of sp³-hybridized carbons (Fsp3) is 0.368. The summed E-state index contributed by atoms with van der Waals surface area (Å²) in [6, 6.07) is 3.38. The molecule has 0 radical (unpaired) electrons. The summed E-state index contributed by atoms with van der Waals surface area (Å²) in [6.07, 6.45) is 4.73. The molecule has 1 aliphatic carbocycles. The number of thioether (sulfide) groups is 1. The fourth-order valence-corrected chi connectivity index (χ4v) is 5.56. The van der Waals surface area contributed by atoms with Gasteiger partial charge in [0.25, 0.3) is 11.5 Å². The van der Waals surface area contributed by atoms with Crippen molar-refractivity contribution >= 4 is 45.1 Å². The zero-order chi connectivity index (χ0) is 19.8. The van der Waals surface area contributed by atoms with Crippen molar-refractivity contribution in [1.82, 2.24) is 19.9 Å². The predicted octanol–water partition coefficient (Wildman–Crippen LogP) is 2.50. The van der Waals surface area contributed by atoms with Crippen LogP contribution in [0.25, 0.3) is 10.2 Å². The van der Waals surface area contributed by atoms with Gasteiger partial charge in [0.1, 0.15) is 10.5 Å². The summed E-state index contributed by atoms with van der Waals surface area (Å²) in [5.41, 5.74) is 1.39. The third-order valence-electron chi connectivity index (χ3n) is 4.91. The molecule has 0 spiro atoms. The van der Waals surface area contributed by atoms with Gasteiger partial charge in [0.2, 0.25) is 5.91 Å². The molecule has 0 aromatic carbocycles. The highest BCUT2D eigenvalue weighted by Crippen LogP contribution is 2.36. The van der Waals surface area contributed by atoms with E-state index in [-0.39, 0.29) is 11.3 Å². The van der Waals surface area contributed by atoms with Crippen LogP contribution in [0.5, 0.6) is 0 Å². The molecule has 3 aromatic heterocycles. The van der Waals surface area contributed by atoms with Crippen molar-refractivity contribution < 1.29 is 9.59 Å². The lowest BCUT2D eigenvalue weighted by Crippen LogP contribution is -2.33. The Bertz CT molecular complexity index is 1130. The second kappa shape index (κ2) is 7.56. The normalized spacial score (nSPS) is 16.1. The second-order valence-electron chi connectivity index (χ2n) is 7.07. The van der Waals surface area contributed by atoms with Gasteiger partial charge in [-0.2, -0.15) is 0 Å². The Hall–Kier alpha value is -2.39. The Morgan fingerprint density at radius 3 is 3.04 bits per heavy atom. The average molecular weight is 417 g/mol. The van der Waals surface area contributed by atoms with E-state index in [0.29, 0.717) is 22.2 Å². The fourth-order valence-electron chi connectivity index (χ4n) is 3.46. The highest BCUT2D eigenvalue weighted by molar-refractivity contribution is 7.99. The van der Waals surface area contributed by atoms with E-state index >= 15 is 0 Å². The average Bonchev–Trinajstić information content (AvgIpc) is 3.22. The van der Waals surface area contributed by atoms with Crippen LogP contribution >= 0.6 is 23.1 Å². The first-order chi connectivity index (χ1) is 13.4. The van der Waals surface area contributed by atoms with Gasteiger partial charge < -0.3 is 9.55 Å². The molecule has 0 saturated carbocycles. The number of rotatable bonds is 4. The summed E-state index contributed by atoms with van der Waals surface area (Å²) < 4.78 is 1.64. The standard InChI is InChI=1S/C19H20N4O3S2/c1-10-5-6-11-13(8-10)28-18-15(11)17(26)21-19(22-18)27-9-14(24)20-16(25)12-4-3-7-23(12)2/h3-4,7,10H,5-6,8-9H2,1-2H3,(H,20,24,25)(H,21,22,26). The molecule has 0 fully saturated rings. The van der Waals surface area contributed by atoms with Crippen LogP contribution in [0.4, 0.5) is 0 Å². The Labute approximate surface area is 169 Å². The summed E-state index contributed by atoms with van der Waals surface area (Å²) in [5.74, 6) is -0.264. The van der Waals surface area contributed by atoms with Crippen LogP contribution in [0.1, 0.15) is 34.3 Å². The monoisotopic (exact) mass is 416 g/mol. The lowest BCUT2D eigenvalue weighted by Gasteiger charge is -2.17. The third-order valence-corrected chi connectivity index (χ3v) is 6.93. The topological polar surface area (TPSA) is 96.8 Å². The molecule has 2 N–H and O–H groups in total. The molecule has 1 atom stereocenters. The molecule has 4 rings (SSSR count). The first-order valence-corrected chi connectivity index (χ1v) is 10.9. The summed E-state index contributed by atoms with van der Waals surface area (Å²) in [5, 5.41) is 3.44. The minimum atomic E-state index is -0.449.